The fourth-order valence-electron chi connectivity index (χ4n) is 1.98. The van der Waals surface area contributed by atoms with Crippen molar-refractivity contribution >= 4 is 5.97 Å². The summed E-state index contributed by atoms with van der Waals surface area (Å²) >= 11 is 0. The Hall–Kier alpha value is -1.29. The number of ether oxygens (including phenoxy) is 1. The van der Waals surface area contributed by atoms with Crippen LogP contribution in [-0.4, -0.2) is 24.8 Å². The maximum absolute atomic E-state index is 11.5. The van der Waals surface area contributed by atoms with Crippen molar-refractivity contribution in [3.05, 3.63) is 23.4 Å². The first-order valence-corrected chi connectivity index (χ1v) is 6.06. The first kappa shape index (κ1) is 13.8. The number of nitrogens with two attached hydrogens (primary N) is 1. The number of allylic oxidation sites excluding steroid dienone is 2. The number of methoxy groups -OCH3 is 1. The van der Waals surface area contributed by atoms with Gasteiger partial charge in [-0.15, -0.1) is 0 Å². The first-order chi connectivity index (χ1) is 8.19. The second kappa shape index (κ2) is 7.12. The highest BCUT2D eigenvalue weighted by atomic mass is 16.5. The van der Waals surface area contributed by atoms with E-state index in [0.717, 1.165) is 32.1 Å². The molecule has 3 N–H and O–H groups in total. The van der Waals surface area contributed by atoms with Gasteiger partial charge in [0.05, 0.1) is 12.7 Å². The van der Waals surface area contributed by atoms with Gasteiger partial charge in [-0.3, -0.25) is 0 Å². The number of hydrogen-bond donors (Lipinski definition) is 2. The number of aliphatic hydroxyl groups excluding tert-OH is 1. The molecule has 0 saturated carbocycles. The van der Waals surface area contributed by atoms with Gasteiger partial charge >= 0.3 is 5.97 Å². The lowest BCUT2D eigenvalue weighted by atomic mass is 9.90. The summed E-state index contributed by atoms with van der Waals surface area (Å²) in [6.07, 6.45) is 8.63. The van der Waals surface area contributed by atoms with Crippen molar-refractivity contribution in [1.29, 1.82) is 0 Å². The summed E-state index contributed by atoms with van der Waals surface area (Å²) < 4.78 is 4.69. The maximum atomic E-state index is 11.5. The lowest BCUT2D eigenvalue weighted by molar-refractivity contribution is -0.135. The van der Waals surface area contributed by atoms with E-state index < -0.39 is 0 Å². The Labute approximate surface area is 102 Å². The Kier molecular flexibility index (Phi) is 5.77. The molecule has 1 atom stereocenters. The highest BCUT2D eigenvalue weighted by Crippen LogP contribution is 2.25. The normalized spacial score (nSPS) is 19.5. The van der Waals surface area contributed by atoms with Crippen molar-refractivity contribution in [2.45, 2.75) is 32.1 Å². The van der Waals surface area contributed by atoms with Crippen LogP contribution in [0.2, 0.25) is 0 Å². The Morgan fingerprint density at radius 2 is 2.29 bits per heavy atom. The van der Waals surface area contributed by atoms with Gasteiger partial charge in [0.25, 0.3) is 0 Å². The number of carbonyl (C=O) groups is 1. The zero-order valence-corrected chi connectivity index (χ0v) is 10.3. The van der Waals surface area contributed by atoms with E-state index in [4.69, 9.17) is 15.6 Å². The zero-order valence-electron chi connectivity index (χ0n) is 10.3. The molecule has 0 amide bonds. The first-order valence-electron chi connectivity index (χ1n) is 6.06. The van der Waals surface area contributed by atoms with Crippen molar-refractivity contribution in [3.63, 3.8) is 0 Å². The Morgan fingerprint density at radius 3 is 2.94 bits per heavy atom. The topological polar surface area (TPSA) is 72.5 Å². The molecular formula is C13H21NO3. The number of hydrogen-bond acceptors (Lipinski definition) is 4. The molecule has 4 nitrogen and oxygen atoms in total. The molecule has 0 aromatic rings. The number of aliphatic hydroxyl groups is 1. The van der Waals surface area contributed by atoms with E-state index in [0.29, 0.717) is 17.2 Å². The van der Waals surface area contributed by atoms with Gasteiger partial charge in [0.15, 0.2) is 0 Å². The number of rotatable bonds is 6. The molecule has 0 fully saturated rings. The summed E-state index contributed by atoms with van der Waals surface area (Å²) in [5, 5.41) is 8.69. The molecule has 1 aliphatic carbocycles. The molecule has 1 aliphatic rings. The van der Waals surface area contributed by atoms with Gasteiger partial charge in [0.2, 0.25) is 0 Å². The molecule has 1 unspecified atom stereocenters. The largest absolute Gasteiger partial charge is 0.465 e. The van der Waals surface area contributed by atoms with Gasteiger partial charge in [0, 0.05) is 12.3 Å². The molecule has 0 radical (unpaired) electrons. The van der Waals surface area contributed by atoms with Crippen LogP contribution in [0.3, 0.4) is 0 Å². The lowest BCUT2D eigenvalue weighted by Gasteiger charge is -2.18. The van der Waals surface area contributed by atoms with Crippen molar-refractivity contribution in [3.8, 4) is 0 Å². The number of carbonyl (C=O) groups excluding carboxylic acids is 1. The second-order valence-electron chi connectivity index (χ2n) is 4.30. The summed E-state index contributed by atoms with van der Waals surface area (Å²) in [4.78, 5) is 11.5. The molecule has 0 spiro atoms. The van der Waals surface area contributed by atoms with Crippen LogP contribution in [0.4, 0.5) is 0 Å². The molecule has 17 heavy (non-hydrogen) atoms. The highest BCUT2D eigenvalue weighted by Gasteiger charge is 2.19. The lowest BCUT2D eigenvalue weighted by Crippen LogP contribution is -2.17. The summed E-state index contributed by atoms with van der Waals surface area (Å²) in [6, 6.07) is 0. The van der Waals surface area contributed by atoms with Crippen LogP contribution in [0.25, 0.3) is 0 Å². The molecule has 0 aliphatic heterocycles. The molecule has 0 bridgehead atoms. The van der Waals surface area contributed by atoms with Gasteiger partial charge < -0.3 is 15.6 Å². The fraction of sp³-hybridized carbons (Fsp3) is 0.615. The molecule has 0 heterocycles. The maximum Gasteiger partial charge on any atom is 0.339 e. The minimum atomic E-state index is -0.362. The van der Waals surface area contributed by atoms with Gasteiger partial charge in [-0.25, -0.2) is 4.79 Å². The summed E-state index contributed by atoms with van der Waals surface area (Å²) in [7, 11) is 1.36. The Bertz CT molecular complexity index is 321. The van der Waals surface area contributed by atoms with E-state index >= 15 is 0 Å². The van der Waals surface area contributed by atoms with E-state index in [1.54, 1.807) is 0 Å². The van der Waals surface area contributed by atoms with E-state index in [-0.39, 0.29) is 12.6 Å². The minimum Gasteiger partial charge on any atom is -0.465 e. The second-order valence-corrected chi connectivity index (χ2v) is 4.30. The van der Waals surface area contributed by atoms with Gasteiger partial charge in [-0.1, -0.05) is 25.0 Å². The van der Waals surface area contributed by atoms with E-state index in [1.807, 2.05) is 12.2 Å². The molecule has 96 valence electrons. The smallest absolute Gasteiger partial charge is 0.339 e. The predicted octanol–water partition coefficient (Wildman–Crippen LogP) is 1.50. The fourth-order valence-corrected chi connectivity index (χ4v) is 1.98. The summed E-state index contributed by atoms with van der Waals surface area (Å²) in [5.74, 6) is -0.00565. The minimum absolute atomic E-state index is 0.251. The monoisotopic (exact) mass is 239 g/mol. The molecule has 0 aromatic heterocycles. The Morgan fingerprint density at radius 1 is 1.53 bits per heavy atom. The third-order valence-electron chi connectivity index (χ3n) is 2.99. The van der Waals surface area contributed by atoms with Crippen LogP contribution >= 0.6 is 0 Å². The highest BCUT2D eigenvalue weighted by molar-refractivity contribution is 5.93. The molecule has 1 rings (SSSR count). The Balaban J connectivity index is 2.48. The summed E-state index contributed by atoms with van der Waals surface area (Å²) in [5.41, 5.74) is 6.76. The van der Waals surface area contributed by atoms with Crippen LogP contribution < -0.4 is 5.73 Å². The third-order valence-corrected chi connectivity index (χ3v) is 2.99. The van der Waals surface area contributed by atoms with E-state index in [9.17, 15) is 4.79 Å². The molecule has 4 heteroatoms. The zero-order chi connectivity index (χ0) is 12.7. The van der Waals surface area contributed by atoms with Crippen LogP contribution in [0.1, 0.15) is 32.1 Å². The van der Waals surface area contributed by atoms with Crippen molar-refractivity contribution in [2.24, 2.45) is 11.7 Å². The van der Waals surface area contributed by atoms with Crippen LogP contribution in [0, 0.1) is 5.92 Å². The summed E-state index contributed by atoms with van der Waals surface area (Å²) in [6.45, 7) is 0.251. The number of unbranched alkanes of at least 4 members (excludes halogenated alkanes) is 2. The van der Waals surface area contributed by atoms with Gasteiger partial charge in [-0.2, -0.15) is 0 Å². The molecule has 0 saturated heterocycles. The standard InChI is InChI=1S/C13H21NO3/c1-17-13(16)11-9-10(6-7-12(11)14)5-3-2-4-8-15/h7,9-10,15H,2-6,8,14H2,1H3. The van der Waals surface area contributed by atoms with Crippen molar-refractivity contribution in [2.75, 3.05) is 13.7 Å². The van der Waals surface area contributed by atoms with E-state index in [1.165, 1.54) is 7.11 Å². The van der Waals surface area contributed by atoms with Crippen LogP contribution in [-0.2, 0) is 9.53 Å². The van der Waals surface area contributed by atoms with Crippen LogP contribution in [0.15, 0.2) is 23.4 Å². The average molecular weight is 239 g/mol. The van der Waals surface area contributed by atoms with Gasteiger partial charge in [-0.05, 0) is 25.2 Å². The average Bonchev–Trinajstić information content (AvgIpc) is 2.35. The third kappa shape index (κ3) is 4.23. The van der Waals surface area contributed by atoms with E-state index in [2.05, 4.69) is 0 Å². The SMILES string of the molecule is COC(=O)C1=CC(CCCCCO)CC=C1N. The van der Waals surface area contributed by atoms with Crippen molar-refractivity contribution < 1.29 is 14.6 Å². The van der Waals surface area contributed by atoms with Crippen LogP contribution in [0.5, 0.6) is 0 Å². The molecule has 0 aromatic carbocycles. The quantitative estimate of drug-likeness (QED) is 0.544. The predicted molar refractivity (Wildman–Crippen MR) is 66.0 cm³/mol. The van der Waals surface area contributed by atoms with Gasteiger partial charge in [0.1, 0.15) is 0 Å². The van der Waals surface area contributed by atoms with Crippen molar-refractivity contribution in [1.82, 2.24) is 0 Å². The molecular weight excluding hydrogens is 218 g/mol. The number of esters is 1.